The Hall–Kier alpha value is -5.09. The predicted molar refractivity (Wildman–Crippen MR) is 163 cm³/mol. The highest BCUT2D eigenvalue weighted by Gasteiger charge is 2.22. The number of nitrogens with one attached hydrogen (secondary N) is 1. The molecule has 0 aliphatic carbocycles. The molecular weight excluding hydrogens is 520 g/mol. The Morgan fingerprint density at radius 1 is 1.05 bits per heavy atom. The van der Waals surface area contributed by atoms with Crippen molar-refractivity contribution in [3.05, 3.63) is 123 Å². The molecule has 0 saturated carbocycles. The Morgan fingerprint density at radius 3 is 2.58 bits per heavy atom. The Morgan fingerprint density at radius 2 is 1.82 bits per heavy atom. The van der Waals surface area contributed by atoms with Crippen LogP contribution < -0.4 is 33.5 Å². The number of nitrogens with two attached hydrogens (primary N) is 4. The first-order valence-corrected chi connectivity index (χ1v) is 13.2. The minimum Gasteiger partial charge on any atom is -0.398 e. The summed E-state index contributed by atoms with van der Waals surface area (Å²) in [5, 5.41) is 11.9. The number of pyridine rings is 1. The summed E-state index contributed by atoms with van der Waals surface area (Å²) in [6.07, 6.45) is 1.37. The van der Waals surface area contributed by atoms with Crippen LogP contribution in [0.1, 0.15) is 22.4 Å². The molecule has 3 aromatic carbocycles. The molecule has 200 valence electrons. The number of hydrogen-bond donors (Lipinski definition) is 5. The topological polar surface area (TPSA) is 163 Å². The molecular formula is C30H29N8OS+. The Kier molecular flexibility index (Phi) is 7.26. The second-order valence-electron chi connectivity index (χ2n) is 9.22. The minimum atomic E-state index is -0.0968. The number of thioether (sulfide) groups is 1. The lowest BCUT2D eigenvalue weighted by Crippen LogP contribution is -2.42. The van der Waals surface area contributed by atoms with E-state index >= 15 is 0 Å². The van der Waals surface area contributed by atoms with E-state index in [4.69, 9.17) is 22.6 Å². The zero-order valence-electron chi connectivity index (χ0n) is 21.9. The van der Waals surface area contributed by atoms with Crippen molar-refractivity contribution in [3.63, 3.8) is 0 Å². The van der Waals surface area contributed by atoms with Crippen molar-refractivity contribution in [2.24, 2.45) is 5.73 Å². The molecule has 2 heterocycles. The van der Waals surface area contributed by atoms with Gasteiger partial charge in [0.15, 0.2) is 0 Å². The summed E-state index contributed by atoms with van der Waals surface area (Å²) in [4.78, 5) is 23.1. The highest BCUT2D eigenvalue weighted by molar-refractivity contribution is 8.03. The summed E-state index contributed by atoms with van der Waals surface area (Å²) in [6.45, 7) is 5.94. The smallest absolute Gasteiger partial charge is 0.263 e. The highest BCUT2D eigenvalue weighted by Crippen LogP contribution is 2.31. The first-order valence-electron chi connectivity index (χ1n) is 12.4. The normalized spacial score (nSPS) is 10.9. The van der Waals surface area contributed by atoms with Gasteiger partial charge < -0.3 is 22.5 Å². The molecule has 0 unspecified atom stereocenters. The molecule has 0 spiro atoms. The van der Waals surface area contributed by atoms with Gasteiger partial charge in [-0.1, -0.05) is 54.7 Å². The van der Waals surface area contributed by atoms with E-state index in [9.17, 15) is 4.79 Å². The van der Waals surface area contributed by atoms with E-state index < -0.39 is 0 Å². The van der Waals surface area contributed by atoms with Crippen LogP contribution in [0.3, 0.4) is 0 Å². The van der Waals surface area contributed by atoms with Crippen LogP contribution >= 0.6 is 11.8 Å². The fourth-order valence-corrected chi connectivity index (χ4v) is 5.28. The predicted octanol–water partition coefficient (Wildman–Crippen LogP) is 2.98. The van der Waals surface area contributed by atoms with Gasteiger partial charge in [0.2, 0.25) is 5.71 Å². The van der Waals surface area contributed by atoms with Gasteiger partial charge in [0.25, 0.3) is 5.56 Å². The third-order valence-corrected chi connectivity index (χ3v) is 7.33. The van der Waals surface area contributed by atoms with Crippen molar-refractivity contribution in [1.82, 2.24) is 14.5 Å². The monoisotopic (exact) mass is 549 g/mol. The van der Waals surface area contributed by atoms with Gasteiger partial charge in [-0.2, -0.15) is 0 Å². The van der Waals surface area contributed by atoms with Crippen LogP contribution in [0.2, 0.25) is 0 Å². The van der Waals surface area contributed by atoms with Crippen molar-refractivity contribution in [1.29, 1.82) is 0 Å². The lowest BCUT2D eigenvalue weighted by Gasteiger charge is -2.17. The Balaban J connectivity index is 1.56. The molecule has 9 N–H and O–H groups in total. The highest BCUT2D eigenvalue weighted by atomic mass is 32.2. The molecule has 40 heavy (non-hydrogen) atoms. The van der Waals surface area contributed by atoms with Gasteiger partial charge in [0.1, 0.15) is 23.5 Å². The summed E-state index contributed by atoms with van der Waals surface area (Å²) in [5.74, 6) is 0.634. The van der Waals surface area contributed by atoms with E-state index in [-0.39, 0.29) is 17.9 Å². The number of benzene rings is 3. The zero-order valence-corrected chi connectivity index (χ0v) is 22.7. The zero-order chi connectivity index (χ0) is 28.4. The Bertz CT molecular complexity index is 1830. The van der Waals surface area contributed by atoms with Crippen LogP contribution in [0.4, 0.5) is 17.3 Å². The number of aromatic nitrogens is 3. The lowest BCUT2D eigenvalue weighted by molar-refractivity contribution is -0.111. The fourth-order valence-electron chi connectivity index (χ4n) is 4.63. The largest absolute Gasteiger partial charge is 0.398 e. The summed E-state index contributed by atoms with van der Waals surface area (Å²) in [7, 11) is 0. The number of para-hydroxylation sites is 1. The maximum Gasteiger partial charge on any atom is 0.263 e. The maximum atomic E-state index is 13.8. The molecule has 0 amide bonds. The molecule has 0 aliphatic rings. The van der Waals surface area contributed by atoms with Crippen molar-refractivity contribution in [3.8, 4) is 5.69 Å². The molecule has 0 radical (unpaired) electrons. The van der Waals surface area contributed by atoms with Crippen molar-refractivity contribution in [2.75, 3.05) is 16.8 Å². The summed E-state index contributed by atoms with van der Waals surface area (Å²) >= 11 is 1.25. The van der Waals surface area contributed by atoms with Crippen molar-refractivity contribution in [2.45, 2.75) is 18.4 Å². The van der Waals surface area contributed by atoms with Crippen LogP contribution in [-0.4, -0.2) is 20.2 Å². The standard InChI is InChI=1S/C30H28N8OS/c1-17-7-6-8-19-13-22(38(30(39)25(17)19)21-9-4-3-5-10-21)15-35-29-26(28(34)36-16-37-29)27(33)20-11-12-23(32)24(14-20)40-18(2)31/h3-14,16,33H,2,15,31-32H2,1H3,(H3,34,35,36,37)/p+1. The Labute approximate surface area is 235 Å². The average molecular weight is 550 g/mol. The molecule has 0 bridgehead atoms. The van der Waals surface area contributed by atoms with Crippen molar-refractivity contribution < 1.29 is 5.41 Å². The maximum absolute atomic E-state index is 13.8. The molecule has 10 heteroatoms. The molecule has 2 aromatic heterocycles. The van der Waals surface area contributed by atoms with E-state index in [1.165, 1.54) is 18.1 Å². The van der Waals surface area contributed by atoms with Gasteiger partial charge in [-0.15, -0.1) is 0 Å². The summed E-state index contributed by atoms with van der Waals surface area (Å²) in [5.41, 5.74) is 22.5. The number of nitrogens with zero attached hydrogens (tertiary/aromatic N) is 3. The SMILES string of the molecule is C=C(N)Sc1cc(C(=[NH2+])c2c(N)ncnc2NCc2cc3cccc(C)c3c(=O)n2-c2ccccc2)ccc1N. The third-order valence-electron chi connectivity index (χ3n) is 6.49. The summed E-state index contributed by atoms with van der Waals surface area (Å²) < 4.78 is 1.71. The van der Waals surface area contributed by atoms with Gasteiger partial charge in [0, 0.05) is 27.5 Å². The van der Waals surface area contributed by atoms with Crippen LogP contribution in [0.15, 0.2) is 100 Å². The lowest BCUT2D eigenvalue weighted by atomic mass is 10.0. The van der Waals surface area contributed by atoms with Crippen LogP contribution in [0, 0.1) is 6.92 Å². The number of fused-ring (bicyclic) bond motifs is 1. The molecule has 5 aromatic rings. The molecule has 0 fully saturated rings. The second-order valence-corrected chi connectivity index (χ2v) is 10.4. The molecule has 5 rings (SSSR count). The number of anilines is 3. The number of rotatable bonds is 8. The molecule has 0 saturated heterocycles. The van der Waals surface area contributed by atoms with Crippen LogP contribution in [0.5, 0.6) is 0 Å². The molecule has 9 nitrogen and oxygen atoms in total. The summed E-state index contributed by atoms with van der Waals surface area (Å²) in [6, 6.07) is 22.7. The van der Waals surface area contributed by atoms with Gasteiger partial charge >= 0.3 is 0 Å². The molecule has 0 atom stereocenters. The first-order chi connectivity index (χ1) is 19.2. The fraction of sp³-hybridized carbons (Fsp3) is 0.0667. The second kappa shape index (κ2) is 11.0. The van der Waals surface area contributed by atoms with Gasteiger partial charge in [-0.3, -0.25) is 14.8 Å². The molecule has 0 aliphatic heterocycles. The van der Waals surface area contributed by atoms with E-state index in [0.29, 0.717) is 38.8 Å². The van der Waals surface area contributed by atoms with Crippen molar-refractivity contribution >= 4 is 45.6 Å². The quantitative estimate of drug-likeness (QED) is 0.112. The van der Waals surface area contributed by atoms with Crippen LogP contribution in [0.25, 0.3) is 16.5 Å². The first kappa shape index (κ1) is 26.5. The van der Waals surface area contributed by atoms with E-state index in [2.05, 4.69) is 21.9 Å². The number of aryl methyl sites for hydroxylation is 1. The van der Waals surface area contributed by atoms with E-state index in [0.717, 1.165) is 27.2 Å². The third kappa shape index (κ3) is 5.12. The van der Waals surface area contributed by atoms with Gasteiger partial charge in [-0.25, -0.2) is 9.97 Å². The van der Waals surface area contributed by atoms with Gasteiger partial charge in [-0.05, 0) is 54.3 Å². The van der Waals surface area contributed by atoms with E-state index in [1.54, 1.807) is 16.7 Å². The number of hydrogen-bond acceptors (Lipinski definition) is 8. The van der Waals surface area contributed by atoms with Crippen LogP contribution in [-0.2, 0) is 6.54 Å². The van der Waals surface area contributed by atoms with E-state index in [1.807, 2.05) is 67.6 Å². The average Bonchev–Trinajstić information content (AvgIpc) is 2.93. The minimum absolute atomic E-state index is 0.0968. The van der Waals surface area contributed by atoms with Gasteiger partial charge in [0.05, 0.1) is 17.0 Å². The number of nitrogen functional groups attached to an aromatic ring is 2.